The van der Waals surface area contributed by atoms with E-state index in [0.717, 1.165) is 0 Å². The number of hydrogen-bond acceptors (Lipinski definition) is 5. The van der Waals surface area contributed by atoms with Crippen molar-refractivity contribution < 1.29 is 14.3 Å². The summed E-state index contributed by atoms with van der Waals surface area (Å²) in [6.45, 7) is 0. The Labute approximate surface area is 124 Å². The second-order valence-corrected chi connectivity index (χ2v) is 4.56. The summed E-state index contributed by atoms with van der Waals surface area (Å²) < 4.78 is 10.9. The van der Waals surface area contributed by atoms with Crippen LogP contribution >= 0.6 is 15.9 Å². The lowest BCUT2D eigenvalue weighted by atomic mass is 10.2. The first-order valence-electron chi connectivity index (χ1n) is 5.65. The van der Waals surface area contributed by atoms with Crippen LogP contribution < -0.4 is 14.8 Å². The summed E-state index contributed by atoms with van der Waals surface area (Å²) in [5.74, 6) is 0.776. The van der Waals surface area contributed by atoms with Crippen molar-refractivity contribution in [1.82, 2.24) is 9.97 Å². The van der Waals surface area contributed by atoms with Crippen molar-refractivity contribution >= 4 is 27.5 Å². The van der Waals surface area contributed by atoms with Crippen molar-refractivity contribution in [1.29, 1.82) is 0 Å². The number of halogens is 1. The lowest BCUT2D eigenvalue weighted by molar-refractivity contribution is 0.102. The standard InChI is InChI=1S/C13H12BrN3O3/c1-19-10-4-3-8(5-11(10)20-2)17-13(18)9-6-16-12(14)7-15-9/h3-7H,1-2H3,(H,17,18). The van der Waals surface area contributed by atoms with E-state index in [4.69, 9.17) is 9.47 Å². The molecule has 104 valence electrons. The van der Waals surface area contributed by atoms with Crippen molar-refractivity contribution in [3.05, 3.63) is 40.9 Å². The van der Waals surface area contributed by atoms with Crippen LogP contribution in [0.5, 0.6) is 11.5 Å². The SMILES string of the molecule is COc1ccc(NC(=O)c2cnc(Br)cn2)cc1OC. The van der Waals surface area contributed by atoms with Gasteiger partial charge in [0.05, 0.1) is 26.6 Å². The van der Waals surface area contributed by atoms with Gasteiger partial charge in [-0.1, -0.05) is 0 Å². The monoisotopic (exact) mass is 337 g/mol. The molecule has 1 heterocycles. The van der Waals surface area contributed by atoms with Gasteiger partial charge >= 0.3 is 0 Å². The van der Waals surface area contributed by atoms with Gasteiger partial charge in [-0.2, -0.15) is 0 Å². The van der Waals surface area contributed by atoms with E-state index >= 15 is 0 Å². The number of carbonyl (C=O) groups is 1. The minimum atomic E-state index is -0.350. The van der Waals surface area contributed by atoms with Gasteiger partial charge in [-0.15, -0.1) is 0 Å². The fourth-order valence-electron chi connectivity index (χ4n) is 1.54. The number of carbonyl (C=O) groups excluding carboxylic acids is 1. The summed E-state index contributed by atoms with van der Waals surface area (Å²) in [5, 5.41) is 2.71. The fourth-order valence-corrected chi connectivity index (χ4v) is 1.74. The van der Waals surface area contributed by atoms with Gasteiger partial charge in [-0.25, -0.2) is 9.97 Å². The summed E-state index contributed by atoms with van der Waals surface area (Å²) in [6, 6.07) is 5.09. The fraction of sp³-hybridized carbons (Fsp3) is 0.154. The van der Waals surface area contributed by atoms with Crippen molar-refractivity contribution in [2.75, 3.05) is 19.5 Å². The Hall–Kier alpha value is -2.15. The Balaban J connectivity index is 2.17. The molecule has 2 rings (SSSR count). The first-order chi connectivity index (χ1) is 9.63. The predicted octanol–water partition coefficient (Wildman–Crippen LogP) is 2.51. The summed E-state index contributed by atoms with van der Waals surface area (Å²) in [5.41, 5.74) is 0.806. The van der Waals surface area contributed by atoms with Crippen molar-refractivity contribution in [3.63, 3.8) is 0 Å². The number of anilines is 1. The number of nitrogens with zero attached hydrogens (tertiary/aromatic N) is 2. The minimum absolute atomic E-state index is 0.225. The molecule has 0 saturated heterocycles. The molecule has 1 aromatic carbocycles. The molecule has 0 fully saturated rings. The van der Waals surface area contributed by atoms with Crippen LogP contribution in [0.25, 0.3) is 0 Å². The first-order valence-corrected chi connectivity index (χ1v) is 6.44. The molecule has 0 aliphatic heterocycles. The number of hydrogen-bond donors (Lipinski definition) is 1. The van der Waals surface area contributed by atoms with E-state index in [1.54, 1.807) is 25.3 Å². The van der Waals surface area contributed by atoms with Crippen LogP contribution in [0.15, 0.2) is 35.2 Å². The van der Waals surface area contributed by atoms with E-state index in [2.05, 4.69) is 31.2 Å². The minimum Gasteiger partial charge on any atom is -0.493 e. The van der Waals surface area contributed by atoms with Crippen molar-refractivity contribution in [2.24, 2.45) is 0 Å². The van der Waals surface area contributed by atoms with Gasteiger partial charge in [0.2, 0.25) is 0 Å². The topological polar surface area (TPSA) is 73.3 Å². The molecular formula is C13H12BrN3O3. The molecule has 1 aromatic heterocycles. The van der Waals surface area contributed by atoms with Crippen molar-refractivity contribution in [2.45, 2.75) is 0 Å². The first kappa shape index (κ1) is 14.3. The summed E-state index contributed by atoms with van der Waals surface area (Å²) in [7, 11) is 3.08. The Morgan fingerprint density at radius 3 is 2.50 bits per heavy atom. The van der Waals surface area contributed by atoms with E-state index in [1.165, 1.54) is 19.5 Å². The van der Waals surface area contributed by atoms with E-state index in [0.29, 0.717) is 21.8 Å². The summed E-state index contributed by atoms with van der Waals surface area (Å²) in [6.07, 6.45) is 2.85. The number of rotatable bonds is 4. The highest BCUT2D eigenvalue weighted by atomic mass is 79.9. The van der Waals surface area contributed by atoms with Gasteiger partial charge in [0.15, 0.2) is 11.5 Å². The van der Waals surface area contributed by atoms with Gasteiger partial charge in [0, 0.05) is 11.8 Å². The molecule has 6 nitrogen and oxygen atoms in total. The maximum atomic E-state index is 12.0. The molecule has 0 radical (unpaired) electrons. The van der Waals surface area contributed by atoms with Crippen LogP contribution in [0, 0.1) is 0 Å². The summed E-state index contributed by atoms with van der Waals surface area (Å²) >= 11 is 3.16. The average molecular weight is 338 g/mol. The number of aromatic nitrogens is 2. The quantitative estimate of drug-likeness (QED) is 0.927. The van der Waals surface area contributed by atoms with Crippen LogP contribution in [-0.2, 0) is 0 Å². The van der Waals surface area contributed by atoms with Crippen molar-refractivity contribution in [3.8, 4) is 11.5 Å². The number of amides is 1. The molecule has 0 aliphatic carbocycles. The Bertz CT molecular complexity index is 617. The molecule has 1 amide bonds. The van der Waals surface area contributed by atoms with E-state index in [-0.39, 0.29) is 11.6 Å². The molecular weight excluding hydrogens is 326 g/mol. The van der Waals surface area contributed by atoms with Gasteiger partial charge in [0.1, 0.15) is 10.3 Å². The highest BCUT2D eigenvalue weighted by molar-refractivity contribution is 9.10. The van der Waals surface area contributed by atoms with Gasteiger partial charge < -0.3 is 14.8 Å². The number of nitrogens with one attached hydrogen (secondary N) is 1. The molecule has 1 N–H and O–H groups in total. The highest BCUT2D eigenvalue weighted by Gasteiger charge is 2.10. The molecule has 20 heavy (non-hydrogen) atoms. The smallest absolute Gasteiger partial charge is 0.275 e. The highest BCUT2D eigenvalue weighted by Crippen LogP contribution is 2.29. The van der Waals surface area contributed by atoms with Crippen LogP contribution in [0.2, 0.25) is 0 Å². The van der Waals surface area contributed by atoms with Gasteiger partial charge in [-0.05, 0) is 28.1 Å². The van der Waals surface area contributed by atoms with Crippen LogP contribution in [0.3, 0.4) is 0 Å². The second kappa shape index (κ2) is 6.33. The largest absolute Gasteiger partial charge is 0.493 e. The second-order valence-electron chi connectivity index (χ2n) is 3.75. The molecule has 2 aromatic rings. The predicted molar refractivity (Wildman–Crippen MR) is 77.2 cm³/mol. The van der Waals surface area contributed by atoms with Gasteiger partial charge in [-0.3, -0.25) is 4.79 Å². The number of ether oxygens (including phenoxy) is 2. The maximum absolute atomic E-state index is 12.0. The van der Waals surface area contributed by atoms with E-state index in [9.17, 15) is 4.79 Å². The normalized spacial score (nSPS) is 9.95. The van der Waals surface area contributed by atoms with Gasteiger partial charge in [0.25, 0.3) is 5.91 Å². The third-order valence-corrected chi connectivity index (χ3v) is 2.90. The molecule has 0 saturated carbocycles. The molecule has 0 bridgehead atoms. The molecule has 7 heteroatoms. The lowest BCUT2D eigenvalue weighted by Gasteiger charge is -2.10. The Morgan fingerprint density at radius 1 is 1.15 bits per heavy atom. The average Bonchev–Trinajstić information content (AvgIpc) is 2.47. The lowest BCUT2D eigenvalue weighted by Crippen LogP contribution is -2.14. The van der Waals surface area contributed by atoms with Crippen LogP contribution in [0.4, 0.5) is 5.69 Å². The zero-order valence-corrected chi connectivity index (χ0v) is 12.5. The third kappa shape index (κ3) is 3.24. The number of benzene rings is 1. The Morgan fingerprint density at radius 2 is 1.90 bits per heavy atom. The van der Waals surface area contributed by atoms with E-state index < -0.39 is 0 Å². The Kier molecular flexibility index (Phi) is 4.52. The zero-order valence-electron chi connectivity index (χ0n) is 10.9. The molecule has 0 atom stereocenters. The summed E-state index contributed by atoms with van der Waals surface area (Å²) in [4.78, 5) is 19.9. The molecule has 0 spiro atoms. The number of methoxy groups -OCH3 is 2. The third-order valence-electron chi connectivity index (χ3n) is 2.49. The van der Waals surface area contributed by atoms with E-state index in [1.807, 2.05) is 0 Å². The molecule has 0 unspecified atom stereocenters. The molecule has 0 aliphatic rings. The maximum Gasteiger partial charge on any atom is 0.275 e. The van der Waals surface area contributed by atoms with Crippen LogP contribution in [0.1, 0.15) is 10.5 Å². The zero-order chi connectivity index (χ0) is 14.5. The van der Waals surface area contributed by atoms with Crippen LogP contribution in [-0.4, -0.2) is 30.1 Å².